The van der Waals surface area contributed by atoms with Crippen LogP contribution in [0.5, 0.6) is 0 Å². The predicted octanol–water partition coefficient (Wildman–Crippen LogP) is 0.999. The Morgan fingerprint density at radius 1 is 1.38 bits per heavy atom. The fourth-order valence-corrected chi connectivity index (χ4v) is 3.34. The van der Waals surface area contributed by atoms with Gasteiger partial charge in [-0.3, -0.25) is 10.1 Å². The van der Waals surface area contributed by atoms with Crippen molar-refractivity contribution in [2.24, 2.45) is 0 Å². The van der Waals surface area contributed by atoms with Gasteiger partial charge in [0.2, 0.25) is 0 Å². The van der Waals surface area contributed by atoms with E-state index in [9.17, 15) is 20.4 Å². The molecule has 0 aromatic heterocycles. The topological polar surface area (TPSA) is 86.4 Å². The van der Waals surface area contributed by atoms with E-state index in [1.807, 2.05) is 0 Å². The maximum absolute atomic E-state index is 12.8. The molecule has 4 atom stereocenters. The van der Waals surface area contributed by atoms with Gasteiger partial charge in [0.25, 0.3) is 6.04 Å². The van der Waals surface area contributed by atoms with Crippen LogP contribution in [-0.2, 0) is 0 Å². The van der Waals surface area contributed by atoms with Gasteiger partial charge in [0.05, 0.1) is 5.54 Å². The predicted molar refractivity (Wildman–Crippen MR) is 56.8 cm³/mol. The molecule has 2 aliphatic heterocycles. The van der Waals surface area contributed by atoms with Crippen LogP contribution in [0.3, 0.4) is 0 Å². The highest BCUT2D eigenvalue weighted by Crippen LogP contribution is 2.48. The van der Waals surface area contributed by atoms with Gasteiger partial charge in [-0.15, -0.1) is 0 Å². The van der Waals surface area contributed by atoms with E-state index in [1.165, 1.54) is 0 Å². The third-order valence-electron chi connectivity index (χ3n) is 4.37. The number of quaternary nitrogens is 1. The Bertz CT molecular complexity index is 320. The number of hydrogen-bond donors (Lipinski definition) is 1. The molecule has 92 valence electrons. The van der Waals surface area contributed by atoms with Crippen LogP contribution in [0, 0.1) is 15.3 Å². The summed E-state index contributed by atoms with van der Waals surface area (Å²) in [6.07, 6.45) is 0.729. The van der Waals surface area contributed by atoms with E-state index in [1.54, 1.807) is 13.8 Å². The lowest BCUT2D eigenvalue weighted by atomic mass is 9.94. The zero-order valence-corrected chi connectivity index (χ0v) is 9.63. The lowest BCUT2D eigenvalue weighted by Crippen LogP contribution is -2.69. The van der Waals surface area contributed by atoms with Crippen molar-refractivity contribution in [1.29, 1.82) is 0 Å². The van der Waals surface area contributed by atoms with Gasteiger partial charge in [0.15, 0.2) is 12.3 Å². The molecule has 1 N–H and O–H groups in total. The first-order valence-electron chi connectivity index (χ1n) is 5.72. The molecule has 6 nitrogen and oxygen atoms in total. The number of aliphatic hydroxyl groups excluding tert-OH is 1. The van der Waals surface area contributed by atoms with E-state index in [2.05, 4.69) is 0 Å². The molecule has 6 heteroatoms. The first-order valence-corrected chi connectivity index (χ1v) is 5.72. The molecule has 0 saturated carbocycles. The standard InChI is InChI=1S/C10H18N2O4/c1-10(2)6-5-8-7(11(14)15)3-4-9(13)12(8,10)16/h7-9,13H,3-6H2,1-2H3. The first-order chi connectivity index (χ1) is 7.30. The van der Waals surface area contributed by atoms with E-state index in [0.717, 1.165) is 0 Å². The van der Waals surface area contributed by atoms with E-state index in [-0.39, 0.29) is 11.3 Å². The number of nitro groups is 1. The minimum absolute atomic E-state index is 0.231. The van der Waals surface area contributed by atoms with Gasteiger partial charge in [-0.1, -0.05) is 0 Å². The molecule has 4 unspecified atom stereocenters. The fourth-order valence-electron chi connectivity index (χ4n) is 3.34. The fraction of sp³-hybridized carbons (Fsp3) is 1.00. The zero-order valence-electron chi connectivity index (χ0n) is 9.63. The number of fused-ring (bicyclic) bond motifs is 1. The zero-order chi connectivity index (χ0) is 12.1. The van der Waals surface area contributed by atoms with Gasteiger partial charge in [0, 0.05) is 30.6 Å². The molecule has 2 rings (SSSR count). The van der Waals surface area contributed by atoms with Gasteiger partial charge in [-0.25, -0.2) is 0 Å². The van der Waals surface area contributed by atoms with Crippen LogP contribution in [0.2, 0.25) is 0 Å². The largest absolute Gasteiger partial charge is 0.630 e. The third-order valence-corrected chi connectivity index (χ3v) is 4.37. The summed E-state index contributed by atoms with van der Waals surface area (Å²) >= 11 is 0. The van der Waals surface area contributed by atoms with E-state index in [4.69, 9.17) is 0 Å². The minimum atomic E-state index is -1.00. The number of hydroxylamine groups is 3. The Kier molecular flexibility index (Phi) is 2.49. The lowest BCUT2D eigenvalue weighted by Gasteiger charge is -2.57. The highest BCUT2D eigenvalue weighted by Gasteiger charge is 2.61. The second-order valence-electron chi connectivity index (χ2n) is 5.54. The van der Waals surface area contributed by atoms with E-state index in [0.29, 0.717) is 19.3 Å². The van der Waals surface area contributed by atoms with Gasteiger partial charge >= 0.3 is 0 Å². The quantitative estimate of drug-likeness (QED) is 0.315. The minimum Gasteiger partial charge on any atom is -0.630 e. The van der Waals surface area contributed by atoms with Crippen molar-refractivity contribution in [3.63, 3.8) is 0 Å². The molecule has 0 spiro atoms. The number of hydrogen-bond acceptors (Lipinski definition) is 4. The number of nitrogens with zero attached hydrogens (tertiary/aromatic N) is 2. The average Bonchev–Trinajstić information content (AvgIpc) is 2.42. The summed E-state index contributed by atoms with van der Waals surface area (Å²) in [6, 6.07) is -1.36. The van der Waals surface area contributed by atoms with Crippen LogP contribution in [-0.4, -0.2) is 38.5 Å². The van der Waals surface area contributed by atoms with E-state index < -0.39 is 28.5 Å². The number of aliphatic hydroxyl groups is 1. The Balaban J connectivity index is 2.38. The lowest BCUT2D eigenvalue weighted by molar-refractivity contribution is -0.993. The summed E-state index contributed by atoms with van der Waals surface area (Å²) in [6.45, 7) is 3.59. The molecule has 16 heavy (non-hydrogen) atoms. The molecule has 0 aromatic carbocycles. The highest BCUT2D eigenvalue weighted by atomic mass is 16.6. The molecular weight excluding hydrogens is 212 g/mol. The van der Waals surface area contributed by atoms with Crippen LogP contribution >= 0.6 is 0 Å². The van der Waals surface area contributed by atoms with Crippen LogP contribution in [0.25, 0.3) is 0 Å². The first kappa shape index (κ1) is 11.8. The number of rotatable bonds is 1. The Labute approximate surface area is 94.2 Å². The van der Waals surface area contributed by atoms with Gasteiger partial charge in [-0.2, -0.15) is 0 Å². The molecule has 0 amide bonds. The van der Waals surface area contributed by atoms with Crippen molar-refractivity contribution < 1.29 is 14.7 Å². The summed E-state index contributed by atoms with van der Waals surface area (Å²) in [4.78, 5) is 10.6. The van der Waals surface area contributed by atoms with Crippen LogP contribution in [0.15, 0.2) is 0 Å². The molecule has 2 saturated heterocycles. The smallest absolute Gasteiger partial charge is 0.264 e. The average molecular weight is 230 g/mol. The second kappa shape index (κ2) is 3.38. The van der Waals surface area contributed by atoms with Crippen molar-refractivity contribution in [2.75, 3.05) is 0 Å². The number of piperidine rings is 1. The maximum Gasteiger partial charge on any atom is 0.264 e. The summed E-state index contributed by atoms with van der Waals surface area (Å²) in [5.41, 5.74) is -0.612. The molecular formula is C10H18N2O4. The summed E-state index contributed by atoms with van der Waals surface area (Å²) in [7, 11) is 0. The van der Waals surface area contributed by atoms with Gasteiger partial charge in [0.1, 0.15) is 0 Å². The Hall–Kier alpha value is -0.720. The molecule has 0 aromatic rings. The van der Waals surface area contributed by atoms with Crippen LogP contribution in [0.4, 0.5) is 0 Å². The molecule has 2 fully saturated rings. The van der Waals surface area contributed by atoms with Crippen molar-refractivity contribution >= 4 is 0 Å². The normalized spacial score (nSPS) is 46.4. The summed E-state index contributed by atoms with van der Waals surface area (Å²) in [5.74, 6) is 0. The van der Waals surface area contributed by atoms with Crippen LogP contribution < -0.4 is 0 Å². The molecule has 2 heterocycles. The third kappa shape index (κ3) is 1.30. The van der Waals surface area contributed by atoms with Crippen molar-refractivity contribution in [3.05, 3.63) is 15.3 Å². The Morgan fingerprint density at radius 3 is 2.56 bits per heavy atom. The van der Waals surface area contributed by atoms with Crippen LogP contribution in [0.1, 0.15) is 39.5 Å². The summed E-state index contributed by atoms with van der Waals surface area (Å²) in [5, 5.41) is 33.6. The van der Waals surface area contributed by atoms with Gasteiger partial charge < -0.3 is 15.0 Å². The highest BCUT2D eigenvalue weighted by molar-refractivity contribution is 4.91. The maximum atomic E-state index is 12.8. The molecule has 0 bridgehead atoms. The van der Waals surface area contributed by atoms with Crippen molar-refractivity contribution in [3.8, 4) is 0 Å². The second-order valence-corrected chi connectivity index (χ2v) is 5.54. The SMILES string of the molecule is CC1(C)CCC2C([N+](=O)[O-])CCC(O)[N+]21[O-]. The van der Waals surface area contributed by atoms with Gasteiger partial charge in [-0.05, 0) is 13.8 Å². The molecule has 0 radical (unpaired) electrons. The Morgan fingerprint density at radius 2 is 2.00 bits per heavy atom. The van der Waals surface area contributed by atoms with E-state index >= 15 is 0 Å². The molecule has 0 aliphatic carbocycles. The summed E-state index contributed by atoms with van der Waals surface area (Å²) < 4.78 is -0.793. The van der Waals surface area contributed by atoms with Crippen molar-refractivity contribution in [1.82, 2.24) is 0 Å². The van der Waals surface area contributed by atoms with Crippen molar-refractivity contribution in [2.45, 2.75) is 63.4 Å². The monoisotopic (exact) mass is 230 g/mol. The molecule has 2 aliphatic rings.